The van der Waals surface area contributed by atoms with Crippen LogP contribution in [0.15, 0.2) is 36.4 Å². The van der Waals surface area contributed by atoms with Gasteiger partial charge in [-0.1, -0.05) is 12.1 Å². The standard InChI is InChI=1S/C21H25NO4S/c1-14(2)26-21-15(3)12-20-18(16(21)4)13-17-8-5-6-9-19(17)22(20)10-7-11-27(23,24)25/h5-6,8-9,12-14H,7,10-11H2,1-4H3/p+1. The Hall–Kier alpha value is -2.18. The minimum absolute atomic E-state index is 0.0854. The third-order valence-corrected chi connectivity index (χ3v) is 5.49. The predicted octanol–water partition coefficient (Wildman–Crippen LogP) is 3.96. The van der Waals surface area contributed by atoms with Crippen molar-refractivity contribution < 1.29 is 22.3 Å². The van der Waals surface area contributed by atoms with Crippen LogP contribution in [0, 0.1) is 13.8 Å². The summed E-state index contributed by atoms with van der Waals surface area (Å²) >= 11 is 0. The van der Waals surface area contributed by atoms with E-state index in [-0.39, 0.29) is 11.9 Å². The summed E-state index contributed by atoms with van der Waals surface area (Å²) in [5, 5.41) is 2.17. The molecule has 1 N–H and O–H groups in total. The van der Waals surface area contributed by atoms with E-state index < -0.39 is 10.1 Å². The van der Waals surface area contributed by atoms with E-state index in [1.54, 1.807) is 0 Å². The number of nitrogens with zero attached hydrogens (tertiary/aromatic N) is 1. The molecule has 0 spiro atoms. The second kappa shape index (κ2) is 7.44. The Morgan fingerprint density at radius 2 is 1.81 bits per heavy atom. The van der Waals surface area contributed by atoms with Gasteiger partial charge in [0.1, 0.15) is 5.75 Å². The molecular weight excluding hydrogens is 362 g/mol. The van der Waals surface area contributed by atoms with Crippen molar-refractivity contribution in [1.29, 1.82) is 0 Å². The Bertz CT molecular complexity index is 1100. The van der Waals surface area contributed by atoms with Gasteiger partial charge in [0.15, 0.2) is 6.54 Å². The summed E-state index contributed by atoms with van der Waals surface area (Å²) in [7, 11) is -3.97. The van der Waals surface area contributed by atoms with E-state index in [0.29, 0.717) is 13.0 Å². The molecule has 6 heteroatoms. The highest BCUT2D eigenvalue weighted by Crippen LogP contribution is 2.32. The molecule has 0 saturated carbocycles. The van der Waals surface area contributed by atoms with E-state index >= 15 is 0 Å². The van der Waals surface area contributed by atoms with Crippen LogP contribution in [0.3, 0.4) is 0 Å². The number of aromatic nitrogens is 1. The van der Waals surface area contributed by atoms with E-state index in [1.165, 1.54) is 0 Å². The highest BCUT2D eigenvalue weighted by molar-refractivity contribution is 7.85. The molecule has 1 aromatic heterocycles. The lowest BCUT2D eigenvalue weighted by Crippen LogP contribution is -2.36. The lowest BCUT2D eigenvalue weighted by molar-refractivity contribution is -0.645. The van der Waals surface area contributed by atoms with Gasteiger partial charge in [-0.2, -0.15) is 13.0 Å². The first kappa shape index (κ1) is 19.6. The minimum Gasteiger partial charge on any atom is -0.490 e. The second-order valence-electron chi connectivity index (χ2n) is 7.24. The zero-order valence-electron chi connectivity index (χ0n) is 16.2. The van der Waals surface area contributed by atoms with Crippen LogP contribution in [-0.4, -0.2) is 24.8 Å². The molecule has 1 heterocycles. The van der Waals surface area contributed by atoms with Crippen molar-refractivity contribution in [3.8, 4) is 5.75 Å². The van der Waals surface area contributed by atoms with Gasteiger partial charge in [-0.05, 0) is 45.4 Å². The minimum atomic E-state index is -3.97. The molecule has 5 nitrogen and oxygen atoms in total. The maximum atomic E-state index is 11.1. The largest absolute Gasteiger partial charge is 0.490 e. The molecule has 0 aliphatic carbocycles. The van der Waals surface area contributed by atoms with E-state index in [2.05, 4.69) is 29.7 Å². The monoisotopic (exact) mass is 388 g/mol. The van der Waals surface area contributed by atoms with Gasteiger partial charge in [0.05, 0.1) is 17.2 Å². The lowest BCUT2D eigenvalue weighted by atomic mass is 10.0. The predicted molar refractivity (Wildman–Crippen MR) is 108 cm³/mol. The fourth-order valence-corrected chi connectivity index (χ4v) is 4.06. The van der Waals surface area contributed by atoms with Crippen LogP contribution in [0.5, 0.6) is 5.75 Å². The fourth-order valence-electron chi connectivity index (χ4n) is 3.57. The average molecular weight is 389 g/mol. The van der Waals surface area contributed by atoms with Gasteiger partial charge in [0.2, 0.25) is 11.0 Å². The molecule has 3 rings (SSSR count). The van der Waals surface area contributed by atoms with Gasteiger partial charge in [0, 0.05) is 29.5 Å². The molecule has 27 heavy (non-hydrogen) atoms. The number of pyridine rings is 1. The normalized spacial score (nSPS) is 12.2. The zero-order chi connectivity index (χ0) is 19.8. The van der Waals surface area contributed by atoms with Crippen molar-refractivity contribution in [2.45, 2.75) is 46.8 Å². The molecule has 0 unspecified atom stereocenters. The van der Waals surface area contributed by atoms with Crippen molar-refractivity contribution in [2.24, 2.45) is 0 Å². The highest BCUT2D eigenvalue weighted by Gasteiger charge is 2.21. The van der Waals surface area contributed by atoms with Crippen molar-refractivity contribution in [3.05, 3.63) is 47.5 Å². The van der Waals surface area contributed by atoms with E-state index in [4.69, 9.17) is 9.29 Å². The van der Waals surface area contributed by atoms with E-state index in [9.17, 15) is 8.42 Å². The number of hydrogen-bond acceptors (Lipinski definition) is 3. The molecule has 0 aliphatic rings. The Balaban J connectivity index is 2.23. The maximum Gasteiger partial charge on any atom is 0.265 e. The van der Waals surface area contributed by atoms with Crippen molar-refractivity contribution in [3.63, 3.8) is 0 Å². The quantitative estimate of drug-likeness (QED) is 0.394. The molecule has 0 aliphatic heterocycles. The third kappa shape index (κ3) is 4.22. The van der Waals surface area contributed by atoms with Crippen LogP contribution >= 0.6 is 0 Å². The summed E-state index contributed by atoms with van der Waals surface area (Å²) in [5.74, 6) is 0.647. The summed E-state index contributed by atoms with van der Waals surface area (Å²) in [6.07, 6.45) is 0.428. The molecule has 0 amide bonds. The summed E-state index contributed by atoms with van der Waals surface area (Å²) < 4.78 is 39.5. The summed E-state index contributed by atoms with van der Waals surface area (Å²) in [6, 6.07) is 12.3. The number of ether oxygens (including phenoxy) is 1. The Morgan fingerprint density at radius 1 is 1.11 bits per heavy atom. The van der Waals surface area contributed by atoms with Gasteiger partial charge < -0.3 is 4.74 Å². The summed E-state index contributed by atoms with van der Waals surface area (Å²) in [4.78, 5) is 0. The van der Waals surface area contributed by atoms with Crippen LogP contribution in [0.25, 0.3) is 21.8 Å². The van der Waals surface area contributed by atoms with Gasteiger partial charge in [-0.15, -0.1) is 0 Å². The van der Waals surface area contributed by atoms with Crippen LogP contribution in [0.2, 0.25) is 0 Å². The van der Waals surface area contributed by atoms with Crippen LogP contribution < -0.4 is 9.30 Å². The SMILES string of the molecule is Cc1cc2c(cc3ccccc3[n+]2CCCS(=O)(=O)O)c(C)c1OC(C)C. The van der Waals surface area contributed by atoms with Crippen LogP contribution in [-0.2, 0) is 16.7 Å². The Labute approximate surface area is 160 Å². The van der Waals surface area contributed by atoms with Gasteiger partial charge >= 0.3 is 0 Å². The average Bonchev–Trinajstić information content (AvgIpc) is 2.58. The van der Waals surface area contributed by atoms with Gasteiger partial charge in [-0.25, -0.2) is 0 Å². The summed E-state index contributed by atoms with van der Waals surface area (Å²) in [6.45, 7) is 8.62. The number of fused-ring (bicyclic) bond motifs is 2. The third-order valence-electron chi connectivity index (χ3n) is 4.69. The molecule has 144 valence electrons. The maximum absolute atomic E-state index is 11.1. The first-order valence-electron chi connectivity index (χ1n) is 9.14. The topological polar surface area (TPSA) is 67.5 Å². The van der Waals surface area contributed by atoms with E-state index in [0.717, 1.165) is 38.7 Å². The van der Waals surface area contributed by atoms with Crippen LogP contribution in [0.4, 0.5) is 0 Å². The van der Waals surface area contributed by atoms with Crippen molar-refractivity contribution >= 4 is 31.9 Å². The number of hydrogen-bond donors (Lipinski definition) is 1. The van der Waals surface area contributed by atoms with Crippen molar-refractivity contribution in [2.75, 3.05) is 5.75 Å². The Kier molecular flexibility index (Phi) is 5.40. The summed E-state index contributed by atoms with van der Waals surface area (Å²) in [5.41, 5.74) is 4.20. The number of rotatable bonds is 6. The molecule has 0 atom stereocenters. The van der Waals surface area contributed by atoms with Crippen molar-refractivity contribution in [1.82, 2.24) is 0 Å². The molecule has 2 aromatic carbocycles. The molecule has 0 fully saturated rings. The van der Waals surface area contributed by atoms with E-state index in [1.807, 2.05) is 39.0 Å². The smallest absolute Gasteiger partial charge is 0.265 e. The lowest BCUT2D eigenvalue weighted by Gasteiger charge is -2.17. The second-order valence-corrected chi connectivity index (χ2v) is 8.81. The first-order valence-corrected chi connectivity index (χ1v) is 10.8. The zero-order valence-corrected chi connectivity index (χ0v) is 17.0. The number of para-hydroxylation sites is 1. The highest BCUT2D eigenvalue weighted by atomic mass is 32.2. The Morgan fingerprint density at radius 3 is 2.48 bits per heavy atom. The molecule has 3 aromatic rings. The van der Waals surface area contributed by atoms with Gasteiger partial charge in [-0.3, -0.25) is 4.55 Å². The number of aryl methyl sites for hydroxylation is 3. The van der Waals surface area contributed by atoms with Gasteiger partial charge in [0.25, 0.3) is 10.1 Å². The first-order chi connectivity index (χ1) is 12.7. The molecule has 0 bridgehead atoms. The fraction of sp³-hybridized carbons (Fsp3) is 0.381. The molecule has 0 saturated heterocycles. The van der Waals surface area contributed by atoms with Crippen LogP contribution in [0.1, 0.15) is 31.4 Å². The number of benzene rings is 2. The molecular formula is C21H26NO4S+. The molecule has 0 radical (unpaired) electrons.